The lowest BCUT2D eigenvalue weighted by Crippen LogP contribution is -2.47. The predicted molar refractivity (Wildman–Crippen MR) is 106 cm³/mol. The molecule has 29 heavy (non-hydrogen) atoms. The van der Waals surface area contributed by atoms with E-state index in [1.165, 1.54) is 10.4 Å². The van der Waals surface area contributed by atoms with E-state index in [0.717, 1.165) is 16.9 Å². The summed E-state index contributed by atoms with van der Waals surface area (Å²) in [6, 6.07) is 10.2. The van der Waals surface area contributed by atoms with Crippen molar-refractivity contribution in [1.29, 1.82) is 0 Å². The molecule has 2 heterocycles. The predicted octanol–water partition coefficient (Wildman–Crippen LogP) is 0.536. The van der Waals surface area contributed by atoms with Crippen LogP contribution in [0.2, 0.25) is 0 Å². The number of rotatable bonds is 7. The molecule has 2 amide bonds. The first-order valence-electron chi connectivity index (χ1n) is 8.77. The number of hydrogen-bond acceptors (Lipinski definition) is 7. The van der Waals surface area contributed by atoms with Crippen LogP contribution in [0.3, 0.4) is 0 Å². The lowest BCUT2D eigenvalue weighted by molar-refractivity contribution is -0.139. The molecule has 11 heteroatoms. The number of sulfonamides is 1. The largest absolute Gasteiger partial charge is 0.497 e. The van der Waals surface area contributed by atoms with Crippen molar-refractivity contribution >= 4 is 33.2 Å². The first-order valence-corrected chi connectivity index (χ1v) is 11.1. The van der Waals surface area contributed by atoms with Gasteiger partial charge in [-0.05, 0) is 29.1 Å². The van der Waals surface area contributed by atoms with E-state index in [1.807, 2.05) is 0 Å². The van der Waals surface area contributed by atoms with Gasteiger partial charge in [-0.3, -0.25) is 9.59 Å². The molecule has 1 aliphatic heterocycles. The molecular formula is C18H21N3O6S2. The van der Waals surface area contributed by atoms with E-state index in [2.05, 4.69) is 10.6 Å². The Morgan fingerprint density at radius 3 is 2.59 bits per heavy atom. The molecular weight excluding hydrogens is 418 g/mol. The highest BCUT2D eigenvalue weighted by molar-refractivity contribution is 7.91. The summed E-state index contributed by atoms with van der Waals surface area (Å²) in [7, 11) is -2.14. The molecule has 3 rings (SSSR count). The zero-order valence-electron chi connectivity index (χ0n) is 15.7. The van der Waals surface area contributed by atoms with Crippen molar-refractivity contribution in [3.8, 4) is 5.75 Å². The number of nitrogens with zero attached hydrogens (tertiary/aromatic N) is 1. The van der Waals surface area contributed by atoms with Gasteiger partial charge in [0.2, 0.25) is 0 Å². The smallest absolute Gasteiger partial charge is 0.309 e. The average molecular weight is 440 g/mol. The molecule has 0 radical (unpaired) electrons. The zero-order valence-corrected chi connectivity index (χ0v) is 17.3. The Morgan fingerprint density at radius 2 is 1.93 bits per heavy atom. The number of benzene rings is 1. The summed E-state index contributed by atoms with van der Waals surface area (Å²) in [5.74, 6) is -0.981. The van der Waals surface area contributed by atoms with Crippen LogP contribution in [0.4, 0.5) is 0 Å². The van der Waals surface area contributed by atoms with Crippen molar-refractivity contribution in [3.63, 3.8) is 0 Å². The Hall–Kier alpha value is -2.47. The molecule has 156 valence electrons. The number of carbonyl (C=O) groups excluding carboxylic acids is 2. The van der Waals surface area contributed by atoms with Gasteiger partial charge in [-0.15, -0.1) is 11.3 Å². The van der Waals surface area contributed by atoms with Crippen LogP contribution < -0.4 is 15.4 Å². The van der Waals surface area contributed by atoms with E-state index in [0.29, 0.717) is 5.75 Å². The number of methoxy groups -OCH3 is 1. The molecule has 0 saturated carbocycles. The van der Waals surface area contributed by atoms with Crippen LogP contribution in [0.15, 0.2) is 46.0 Å². The summed E-state index contributed by atoms with van der Waals surface area (Å²) >= 11 is 1.11. The van der Waals surface area contributed by atoms with E-state index < -0.39 is 28.1 Å². The Kier molecular flexibility index (Phi) is 6.85. The number of hydrogen-bond donors (Lipinski definition) is 2. The zero-order chi connectivity index (χ0) is 20.9. The first-order chi connectivity index (χ1) is 13.9. The monoisotopic (exact) mass is 439 g/mol. The molecule has 0 bridgehead atoms. The molecule has 1 aromatic carbocycles. The van der Waals surface area contributed by atoms with Gasteiger partial charge < -0.3 is 20.1 Å². The number of thiophene rings is 1. The molecule has 1 aromatic heterocycles. The molecule has 1 atom stereocenters. The maximum atomic E-state index is 12.6. The van der Waals surface area contributed by atoms with Gasteiger partial charge in [-0.25, -0.2) is 8.42 Å². The lowest BCUT2D eigenvalue weighted by Gasteiger charge is -2.22. The number of ether oxygens (including phenoxy) is 2. The lowest BCUT2D eigenvalue weighted by atomic mass is 10.2. The van der Waals surface area contributed by atoms with Gasteiger partial charge in [0.1, 0.15) is 16.2 Å². The molecule has 0 spiro atoms. The number of amides is 2. The van der Waals surface area contributed by atoms with Crippen molar-refractivity contribution in [3.05, 3.63) is 47.3 Å². The molecule has 9 nitrogen and oxygen atoms in total. The van der Waals surface area contributed by atoms with Gasteiger partial charge in [-0.1, -0.05) is 18.2 Å². The molecule has 1 fully saturated rings. The van der Waals surface area contributed by atoms with Crippen molar-refractivity contribution in [1.82, 2.24) is 14.9 Å². The van der Waals surface area contributed by atoms with E-state index in [9.17, 15) is 18.0 Å². The standard InChI is InChI=1S/C18H21N3O6S2/c1-26-14-6-4-13(5-7-14)11-19-17(22)18(23)20-12-15-21(8-9-27-15)29(24,25)16-3-2-10-28-16/h2-7,10,15H,8-9,11-12H2,1H3,(H,19,22)(H,20,23)/t15-/m0/s1. The third kappa shape index (κ3) is 5.12. The number of carbonyl (C=O) groups is 2. The van der Waals surface area contributed by atoms with Crippen LogP contribution in [0.25, 0.3) is 0 Å². The third-order valence-corrected chi connectivity index (χ3v) is 7.52. The fourth-order valence-electron chi connectivity index (χ4n) is 2.73. The minimum absolute atomic E-state index is 0.126. The highest BCUT2D eigenvalue weighted by Gasteiger charge is 2.37. The van der Waals surface area contributed by atoms with Crippen molar-refractivity contribution < 1.29 is 27.5 Å². The molecule has 0 aliphatic carbocycles. The maximum absolute atomic E-state index is 12.6. The van der Waals surface area contributed by atoms with Crippen LogP contribution >= 0.6 is 11.3 Å². The molecule has 1 aliphatic rings. The Morgan fingerprint density at radius 1 is 1.21 bits per heavy atom. The fourth-order valence-corrected chi connectivity index (χ4v) is 5.36. The van der Waals surface area contributed by atoms with E-state index in [1.54, 1.807) is 42.8 Å². The Labute approximate surface area is 172 Å². The summed E-state index contributed by atoms with van der Waals surface area (Å²) in [6.45, 7) is 0.452. The molecule has 2 aromatic rings. The van der Waals surface area contributed by atoms with Gasteiger partial charge in [0.25, 0.3) is 10.0 Å². The van der Waals surface area contributed by atoms with Crippen LogP contribution in [0, 0.1) is 0 Å². The Balaban J connectivity index is 1.50. The van der Waals surface area contributed by atoms with Gasteiger partial charge in [0.15, 0.2) is 0 Å². The average Bonchev–Trinajstić information content (AvgIpc) is 3.43. The van der Waals surface area contributed by atoms with E-state index in [4.69, 9.17) is 9.47 Å². The minimum Gasteiger partial charge on any atom is -0.497 e. The van der Waals surface area contributed by atoms with Crippen molar-refractivity contribution in [2.75, 3.05) is 26.8 Å². The summed E-state index contributed by atoms with van der Waals surface area (Å²) in [6.07, 6.45) is -0.861. The maximum Gasteiger partial charge on any atom is 0.309 e. The van der Waals surface area contributed by atoms with Crippen LogP contribution in [0.5, 0.6) is 5.75 Å². The second-order valence-electron chi connectivity index (χ2n) is 6.11. The summed E-state index contributed by atoms with van der Waals surface area (Å²) < 4.78 is 37.2. The highest BCUT2D eigenvalue weighted by Crippen LogP contribution is 2.25. The Bertz CT molecular complexity index is 944. The quantitative estimate of drug-likeness (QED) is 0.609. The third-order valence-electron chi connectivity index (χ3n) is 4.26. The molecule has 0 unspecified atom stereocenters. The minimum atomic E-state index is -3.70. The van der Waals surface area contributed by atoms with E-state index >= 15 is 0 Å². The van der Waals surface area contributed by atoms with Crippen LogP contribution in [-0.4, -0.2) is 57.6 Å². The summed E-state index contributed by atoms with van der Waals surface area (Å²) in [5, 5.41) is 6.61. The van der Waals surface area contributed by atoms with Gasteiger partial charge in [0, 0.05) is 13.1 Å². The van der Waals surface area contributed by atoms with Gasteiger partial charge >= 0.3 is 11.8 Å². The fraction of sp³-hybridized carbons (Fsp3) is 0.333. The second kappa shape index (κ2) is 9.35. The van der Waals surface area contributed by atoms with Gasteiger partial charge in [0.05, 0.1) is 20.3 Å². The van der Waals surface area contributed by atoms with E-state index in [-0.39, 0.29) is 30.5 Å². The first kappa shape index (κ1) is 21.2. The van der Waals surface area contributed by atoms with Crippen molar-refractivity contribution in [2.24, 2.45) is 0 Å². The van der Waals surface area contributed by atoms with Crippen LogP contribution in [-0.2, 0) is 30.9 Å². The summed E-state index contributed by atoms with van der Waals surface area (Å²) in [4.78, 5) is 24.0. The highest BCUT2D eigenvalue weighted by atomic mass is 32.2. The number of nitrogens with one attached hydrogen (secondary N) is 2. The molecule has 1 saturated heterocycles. The SMILES string of the molecule is COc1ccc(CNC(=O)C(=O)NC[C@@H]2OCCN2S(=O)(=O)c2cccs2)cc1. The van der Waals surface area contributed by atoms with Gasteiger partial charge in [-0.2, -0.15) is 4.31 Å². The van der Waals surface area contributed by atoms with Crippen molar-refractivity contribution in [2.45, 2.75) is 17.0 Å². The normalized spacial score (nSPS) is 17.1. The molecule has 2 N–H and O–H groups in total. The second-order valence-corrected chi connectivity index (χ2v) is 9.18. The summed E-state index contributed by atoms with van der Waals surface area (Å²) in [5.41, 5.74) is 0.805. The van der Waals surface area contributed by atoms with Crippen LogP contribution in [0.1, 0.15) is 5.56 Å². The topological polar surface area (TPSA) is 114 Å².